The van der Waals surface area contributed by atoms with Crippen molar-refractivity contribution in [1.29, 1.82) is 0 Å². The van der Waals surface area contributed by atoms with E-state index in [0.29, 0.717) is 0 Å². The van der Waals surface area contributed by atoms with Crippen LogP contribution >= 0.6 is 0 Å². The fourth-order valence-electron chi connectivity index (χ4n) is 2.67. The van der Waals surface area contributed by atoms with Crippen molar-refractivity contribution >= 4 is 11.6 Å². The molecule has 0 heterocycles. The molecule has 0 fully saturated rings. The minimum absolute atomic E-state index is 0.139. The van der Waals surface area contributed by atoms with Gasteiger partial charge in [-0.2, -0.15) is 0 Å². The van der Waals surface area contributed by atoms with Crippen molar-refractivity contribution in [1.82, 2.24) is 0 Å². The van der Waals surface area contributed by atoms with Crippen LogP contribution in [-0.4, -0.2) is 5.91 Å². The first kappa shape index (κ1) is 18.5. The molecule has 122 valence electrons. The molecule has 0 aliphatic carbocycles. The first-order valence-electron chi connectivity index (χ1n) is 8.79. The summed E-state index contributed by atoms with van der Waals surface area (Å²) in [5.41, 5.74) is 2.15. The number of anilines is 1. The molecule has 0 unspecified atom stereocenters. The molecule has 0 saturated heterocycles. The lowest BCUT2D eigenvalue weighted by Crippen LogP contribution is -2.09. The van der Waals surface area contributed by atoms with Crippen LogP contribution in [0, 0.1) is 0 Å². The third-order valence-corrected chi connectivity index (χ3v) is 4.01. The lowest BCUT2D eigenvalue weighted by Gasteiger charge is -2.09. The Balaban J connectivity index is 2.19. The number of hydrogen-bond acceptors (Lipinski definition) is 1. The van der Waals surface area contributed by atoms with Crippen molar-refractivity contribution in [2.45, 2.75) is 71.1 Å². The zero-order valence-corrected chi connectivity index (χ0v) is 14.1. The van der Waals surface area contributed by atoms with E-state index in [4.69, 9.17) is 0 Å². The maximum atomic E-state index is 11.4. The van der Waals surface area contributed by atoms with Gasteiger partial charge in [0, 0.05) is 5.69 Å². The highest BCUT2D eigenvalue weighted by Crippen LogP contribution is 2.18. The Morgan fingerprint density at radius 1 is 1.00 bits per heavy atom. The standard InChI is InChI=1S/C20H31NO/c1-3-5-6-7-8-9-10-11-12-15-18-16-13-14-17-19(18)21-20(22)4-2/h4,13-14,16-17H,2-3,5-12,15H2,1H3,(H,21,22). The fraction of sp³-hybridized carbons (Fsp3) is 0.550. The molecule has 2 nitrogen and oxygen atoms in total. The average Bonchev–Trinajstić information content (AvgIpc) is 2.54. The van der Waals surface area contributed by atoms with Crippen molar-refractivity contribution in [3.63, 3.8) is 0 Å². The number of rotatable bonds is 12. The third-order valence-electron chi connectivity index (χ3n) is 4.01. The Hall–Kier alpha value is -1.57. The normalized spacial score (nSPS) is 10.4. The van der Waals surface area contributed by atoms with Gasteiger partial charge in [0.25, 0.3) is 0 Å². The van der Waals surface area contributed by atoms with Crippen molar-refractivity contribution in [3.05, 3.63) is 42.5 Å². The van der Waals surface area contributed by atoms with E-state index >= 15 is 0 Å². The predicted octanol–water partition coefficient (Wildman–Crippen LogP) is 5.88. The van der Waals surface area contributed by atoms with E-state index in [1.165, 1.54) is 69.4 Å². The quantitative estimate of drug-likeness (QED) is 0.379. The SMILES string of the molecule is C=CC(=O)Nc1ccccc1CCCCCCCCCCC. The lowest BCUT2D eigenvalue weighted by molar-refractivity contribution is -0.111. The molecular formula is C20H31NO. The second kappa shape index (κ2) is 12.0. The average molecular weight is 301 g/mol. The molecule has 1 aromatic rings. The Morgan fingerprint density at radius 2 is 1.59 bits per heavy atom. The summed E-state index contributed by atoms with van der Waals surface area (Å²) in [6, 6.07) is 8.05. The van der Waals surface area contributed by atoms with Crippen molar-refractivity contribution in [2.24, 2.45) is 0 Å². The van der Waals surface area contributed by atoms with Gasteiger partial charge in [-0.1, -0.05) is 83.1 Å². The van der Waals surface area contributed by atoms with Crippen LogP contribution in [0.15, 0.2) is 36.9 Å². The molecule has 1 aromatic carbocycles. The Bertz CT molecular complexity index is 439. The molecule has 22 heavy (non-hydrogen) atoms. The number of carbonyl (C=O) groups is 1. The largest absolute Gasteiger partial charge is 0.322 e. The fourth-order valence-corrected chi connectivity index (χ4v) is 2.67. The summed E-state index contributed by atoms with van der Waals surface area (Å²) < 4.78 is 0. The van der Waals surface area contributed by atoms with E-state index in [1.54, 1.807) is 0 Å². The van der Waals surface area contributed by atoms with E-state index in [-0.39, 0.29) is 5.91 Å². The molecule has 0 aliphatic heterocycles. The van der Waals surface area contributed by atoms with Crippen LogP contribution in [-0.2, 0) is 11.2 Å². The van der Waals surface area contributed by atoms with Gasteiger partial charge in [-0.15, -0.1) is 0 Å². The highest BCUT2D eigenvalue weighted by atomic mass is 16.1. The van der Waals surface area contributed by atoms with Gasteiger partial charge in [0.2, 0.25) is 5.91 Å². The summed E-state index contributed by atoms with van der Waals surface area (Å²) in [7, 11) is 0. The van der Waals surface area contributed by atoms with Crippen LogP contribution in [0.3, 0.4) is 0 Å². The molecule has 0 aliphatic rings. The molecular weight excluding hydrogens is 270 g/mol. The molecule has 0 spiro atoms. The van der Waals surface area contributed by atoms with Gasteiger partial charge >= 0.3 is 0 Å². The van der Waals surface area contributed by atoms with Crippen LogP contribution in [0.1, 0.15) is 70.3 Å². The van der Waals surface area contributed by atoms with Gasteiger partial charge in [0.1, 0.15) is 0 Å². The molecule has 2 heteroatoms. The molecule has 1 amide bonds. The number of aryl methyl sites for hydroxylation is 1. The number of nitrogens with one attached hydrogen (secondary N) is 1. The molecule has 0 radical (unpaired) electrons. The summed E-state index contributed by atoms with van der Waals surface area (Å²) in [5.74, 6) is -0.139. The Morgan fingerprint density at radius 3 is 2.23 bits per heavy atom. The third kappa shape index (κ3) is 8.02. The first-order valence-corrected chi connectivity index (χ1v) is 8.79. The number of unbranched alkanes of at least 4 members (excludes halogenated alkanes) is 8. The summed E-state index contributed by atoms with van der Waals surface area (Å²) in [5, 5.41) is 2.88. The van der Waals surface area contributed by atoms with Crippen LogP contribution in [0.5, 0.6) is 0 Å². The summed E-state index contributed by atoms with van der Waals surface area (Å²) in [4.78, 5) is 11.4. The van der Waals surface area contributed by atoms with E-state index in [9.17, 15) is 4.79 Å². The minimum Gasteiger partial charge on any atom is -0.322 e. The Kier molecular flexibility index (Phi) is 10.1. The maximum Gasteiger partial charge on any atom is 0.247 e. The molecule has 0 aromatic heterocycles. The highest BCUT2D eigenvalue weighted by molar-refractivity contribution is 5.99. The minimum atomic E-state index is -0.139. The van der Waals surface area contributed by atoms with E-state index in [0.717, 1.165) is 12.1 Å². The topological polar surface area (TPSA) is 29.1 Å². The number of para-hydroxylation sites is 1. The molecule has 0 saturated carbocycles. The predicted molar refractivity (Wildman–Crippen MR) is 96.2 cm³/mol. The van der Waals surface area contributed by atoms with E-state index in [2.05, 4.69) is 24.9 Å². The lowest BCUT2D eigenvalue weighted by atomic mass is 10.0. The van der Waals surface area contributed by atoms with Gasteiger partial charge in [-0.05, 0) is 30.5 Å². The smallest absolute Gasteiger partial charge is 0.247 e. The van der Waals surface area contributed by atoms with Gasteiger partial charge in [0.15, 0.2) is 0 Å². The van der Waals surface area contributed by atoms with Crippen molar-refractivity contribution in [2.75, 3.05) is 5.32 Å². The Labute approximate surface area is 136 Å². The van der Waals surface area contributed by atoms with Gasteiger partial charge in [-0.3, -0.25) is 4.79 Å². The number of amides is 1. The maximum absolute atomic E-state index is 11.4. The first-order chi connectivity index (χ1) is 10.8. The molecule has 1 rings (SSSR count). The summed E-state index contributed by atoms with van der Waals surface area (Å²) in [6.07, 6.45) is 14.4. The second-order valence-electron chi connectivity index (χ2n) is 5.93. The van der Waals surface area contributed by atoms with Crippen molar-refractivity contribution < 1.29 is 4.79 Å². The zero-order valence-electron chi connectivity index (χ0n) is 14.1. The monoisotopic (exact) mass is 301 g/mol. The molecule has 1 N–H and O–H groups in total. The second-order valence-corrected chi connectivity index (χ2v) is 5.93. The van der Waals surface area contributed by atoms with E-state index < -0.39 is 0 Å². The van der Waals surface area contributed by atoms with Crippen molar-refractivity contribution in [3.8, 4) is 0 Å². The van der Waals surface area contributed by atoms with Crippen LogP contribution in [0.25, 0.3) is 0 Å². The number of hydrogen-bond donors (Lipinski definition) is 1. The van der Waals surface area contributed by atoms with Gasteiger partial charge in [-0.25, -0.2) is 0 Å². The van der Waals surface area contributed by atoms with Crippen LogP contribution in [0.4, 0.5) is 5.69 Å². The van der Waals surface area contributed by atoms with Gasteiger partial charge in [0.05, 0.1) is 0 Å². The van der Waals surface area contributed by atoms with E-state index in [1.807, 2.05) is 18.2 Å². The van der Waals surface area contributed by atoms with Crippen LogP contribution < -0.4 is 5.32 Å². The highest BCUT2D eigenvalue weighted by Gasteiger charge is 2.03. The number of carbonyl (C=O) groups excluding carboxylic acids is 1. The van der Waals surface area contributed by atoms with Gasteiger partial charge < -0.3 is 5.32 Å². The molecule has 0 atom stereocenters. The molecule has 0 bridgehead atoms. The summed E-state index contributed by atoms with van der Waals surface area (Å²) in [6.45, 7) is 5.76. The van der Waals surface area contributed by atoms with Crippen LogP contribution in [0.2, 0.25) is 0 Å². The summed E-state index contributed by atoms with van der Waals surface area (Å²) >= 11 is 0. The zero-order chi connectivity index (χ0) is 16.0. The number of benzene rings is 1.